The molecule has 0 heterocycles. The zero-order chi connectivity index (χ0) is 13.6. The van der Waals surface area contributed by atoms with Crippen LogP contribution in [0.5, 0.6) is 0 Å². The molecule has 0 saturated heterocycles. The van der Waals surface area contributed by atoms with Crippen molar-refractivity contribution in [3.8, 4) is 0 Å². The Labute approximate surface area is 108 Å². The average Bonchev–Trinajstić information content (AvgIpc) is 2.28. The first kappa shape index (κ1) is 13.4. The lowest BCUT2D eigenvalue weighted by Crippen LogP contribution is -2.61. The third kappa shape index (κ3) is 2.24. The van der Waals surface area contributed by atoms with E-state index in [0.29, 0.717) is 10.6 Å². The van der Waals surface area contributed by atoms with Gasteiger partial charge in [0.2, 0.25) is 0 Å². The van der Waals surface area contributed by atoms with Crippen LogP contribution in [-0.2, 0) is 9.84 Å². The predicted octanol–water partition coefficient (Wildman–Crippen LogP) is 1.63. The lowest BCUT2D eigenvalue weighted by Gasteiger charge is -2.51. The van der Waals surface area contributed by atoms with Crippen molar-refractivity contribution in [1.82, 2.24) is 0 Å². The van der Waals surface area contributed by atoms with E-state index in [1.165, 1.54) is 6.26 Å². The third-order valence-corrected chi connectivity index (χ3v) is 5.11. The highest BCUT2D eigenvalue weighted by Crippen LogP contribution is 2.41. The lowest BCUT2D eigenvalue weighted by atomic mass is 9.63. The van der Waals surface area contributed by atoms with Crippen molar-refractivity contribution in [2.75, 3.05) is 11.6 Å². The summed E-state index contributed by atoms with van der Waals surface area (Å²) >= 11 is 0. The second kappa shape index (κ2) is 4.24. The molecule has 2 atom stereocenters. The second-order valence-corrected chi connectivity index (χ2v) is 7.61. The van der Waals surface area contributed by atoms with E-state index in [9.17, 15) is 8.42 Å². The van der Waals surface area contributed by atoms with Crippen molar-refractivity contribution >= 4 is 15.5 Å². The minimum Gasteiger partial charge on any atom is -0.381 e. The van der Waals surface area contributed by atoms with Crippen LogP contribution in [0, 0.1) is 5.41 Å². The number of anilines is 1. The summed E-state index contributed by atoms with van der Waals surface area (Å²) in [5.41, 5.74) is 6.63. The molecule has 0 amide bonds. The first-order valence-corrected chi connectivity index (χ1v) is 7.93. The Balaban J connectivity index is 2.27. The Morgan fingerprint density at radius 3 is 2.44 bits per heavy atom. The summed E-state index contributed by atoms with van der Waals surface area (Å²) in [6.45, 7) is 4.20. The van der Waals surface area contributed by atoms with Gasteiger partial charge in [-0.3, -0.25) is 0 Å². The van der Waals surface area contributed by atoms with Gasteiger partial charge in [0.1, 0.15) is 0 Å². The van der Waals surface area contributed by atoms with E-state index in [4.69, 9.17) is 5.73 Å². The van der Waals surface area contributed by atoms with Crippen molar-refractivity contribution in [2.45, 2.75) is 37.2 Å². The zero-order valence-electron chi connectivity index (χ0n) is 11.0. The molecule has 1 aromatic rings. The fraction of sp³-hybridized carbons (Fsp3) is 0.538. The van der Waals surface area contributed by atoms with E-state index in [2.05, 4.69) is 19.2 Å². The highest BCUT2D eigenvalue weighted by molar-refractivity contribution is 7.90. The molecule has 1 aliphatic rings. The van der Waals surface area contributed by atoms with Crippen molar-refractivity contribution < 1.29 is 8.42 Å². The summed E-state index contributed by atoms with van der Waals surface area (Å²) in [6, 6.07) is 7.39. The maximum Gasteiger partial charge on any atom is 0.177 e. The van der Waals surface area contributed by atoms with Crippen LogP contribution >= 0.6 is 0 Å². The number of nitrogens with two attached hydrogens (primary N) is 1. The molecule has 100 valence electrons. The van der Waals surface area contributed by atoms with Crippen LogP contribution < -0.4 is 11.1 Å². The van der Waals surface area contributed by atoms with Gasteiger partial charge in [-0.1, -0.05) is 26.0 Å². The molecule has 0 radical (unpaired) electrons. The van der Waals surface area contributed by atoms with Gasteiger partial charge in [0.25, 0.3) is 0 Å². The molecular weight excluding hydrogens is 248 g/mol. The number of hydrogen-bond acceptors (Lipinski definition) is 4. The van der Waals surface area contributed by atoms with Gasteiger partial charge in [0.05, 0.1) is 10.6 Å². The molecule has 1 fully saturated rings. The highest BCUT2D eigenvalue weighted by Gasteiger charge is 2.46. The molecular formula is C13H20N2O2S. The summed E-state index contributed by atoms with van der Waals surface area (Å²) < 4.78 is 23.4. The van der Waals surface area contributed by atoms with Crippen LogP contribution in [0.25, 0.3) is 0 Å². The smallest absolute Gasteiger partial charge is 0.177 e. The first-order chi connectivity index (χ1) is 8.23. The van der Waals surface area contributed by atoms with Gasteiger partial charge in [0.15, 0.2) is 9.84 Å². The largest absolute Gasteiger partial charge is 0.381 e. The standard InChI is InChI=1S/C13H20N2O2S/c1-13(2)11(14)8-12(13)15-9-6-4-5-7-10(9)18(3,16)17/h4-7,11-12,15H,8,14H2,1-3H3. The fourth-order valence-electron chi connectivity index (χ4n) is 2.30. The van der Waals surface area contributed by atoms with Crippen molar-refractivity contribution in [2.24, 2.45) is 11.1 Å². The molecule has 0 aliphatic heterocycles. The summed E-state index contributed by atoms with van der Waals surface area (Å²) in [7, 11) is -3.21. The Kier molecular flexibility index (Phi) is 3.15. The Morgan fingerprint density at radius 1 is 1.33 bits per heavy atom. The van der Waals surface area contributed by atoms with Crippen LogP contribution in [0.15, 0.2) is 29.2 Å². The molecule has 1 aromatic carbocycles. The van der Waals surface area contributed by atoms with Crippen LogP contribution in [0.2, 0.25) is 0 Å². The van der Waals surface area contributed by atoms with Gasteiger partial charge in [-0.25, -0.2) is 8.42 Å². The van der Waals surface area contributed by atoms with Gasteiger partial charge >= 0.3 is 0 Å². The molecule has 0 spiro atoms. The molecule has 2 rings (SSSR count). The molecule has 0 bridgehead atoms. The fourth-order valence-corrected chi connectivity index (χ4v) is 3.15. The predicted molar refractivity (Wildman–Crippen MR) is 73.3 cm³/mol. The van der Waals surface area contributed by atoms with Gasteiger partial charge in [-0.15, -0.1) is 0 Å². The third-order valence-electron chi connectivity index (χ3n) is 3.96. The number of hydrogen-bond donors (Lipinski definition) is 2. The number of sulfone groups is 1. The normalized spacial score (nSPS) is 26.4. The molecule has 0 aromatic heterocycles. The highest BCUT2D eigenvalue weighted by atomic mass is 32.2. The maximum atomic E-state index is 11.7. The van der Waals surface area contributed by atoms with E-state index in [1.54, 1.807) is 18.2 Å². The molecule has 1 aliphatic carbocycles. The Morgan fingerprint density at radius 2 is 1.94 bits per heavy atom. The van der Waals surface area contributed by atoms with Gasteiger partial charge in [-0.05, 0) is 18.6 Å². The lowest BCUT2D eigenvalue weighted by molar-refractivity contribution is 0.117. The van der Waals surface area contributed by atoms with Crippen molar-refractivity contribution in [3.05, 3.63) is 24.3 Å². The van der Waals surface area contributed by atoms with E-state index >= 15 is 0 Å². The number of benzene rings is 1. The zero-order valence-corrected chi connectivity index (χ0v) is 11.8. The van der Waals surface area contributed by atoms with Crippen LogP contribution in [0.3, 0.4) is 0 Å². The first-order valence-electron chi connectivity index (χ1n) is 6.04. The van der Waals surface area contributed by atoms with Crippen LogP contribution in [0.1, 0.15) is 20.3 Å². The van der Waals surface area contributed by atoms with Crippen molar-refractivity contribution in [1.29, 1.82) is 0 Å². The van der Waals surface area contributed by atoms with E-state index in [1.807, 2.05) is 6.07 Å². The van der Waals surface area contributed by atoms with E-state index < -0.39 is 9.84 Å². The molecule has 18 heavy (non-hydrogen) atoms. The van der Waals surface area contributed by atoms with Gasteiger partial charge in [0, 0.05) is 23.8 Å². The quantitative estimate of drug-likeness (QED) is 0.874. The number of para-hydroxylation sites is 1. The van der Waals surface area contributed by atoms with Crippen molar-refractivity contribution in [3.63, 3.8) is 0 Å². The number of nitrogens with one attached hydrogen (secondary N) is 1. The van der Waals surface area contributed by atoms with E-state index in [0.717, 1.165) is 6.42 Å². The van der Waals surface area contributed by atoms with Crippen LogP contribution in [-0.4, -0.2) is 26.8 Å². The summed E-state index contributed by atoms with van der Waals surface area (Å²) in [4.78, 5) is 0.348. The molecule has 3 N–H and O–H groups in total. The molecule has 1 saturated carbocycles. The second-order valence-electron chi connectivity index (χ2n) is 5.63. The minimum absolute atomic E-state index is 0.00931. The maximum absolute atomic E-state index is 11.7. The van der Waals surface area contributed by atoms with Gasteiger partial charge < -0.3 is 11.1 Å². The summed E-state index contributed by atoms with van der Waals surface area (Å²) in [5.74, 6) is 0. The summed E-state index contributed by atoms with van der Waals surface area (Å²) in [5, 5.41) is 3.32. The monoisotopic (exact) mass is 268 g/mol. The average molecular weight is 268 g/mol. The molecule has 5 heteroatoms. The minimum atomic E-state index is -3.21. The topological polar surface area (TPSA) is 72.2 Å². The molecule has 4 nitrogen and oxygen atoms in total. The molecule has 2 unspecified atom stereocenters. The Hall–Kier alpha value is -1.07. The Bertz CT molecular complexity index is 552. The van der Waals surface area contributed by atoms with Gasteiger partial charge in [-0.2, -0.15) is 0 Å². The van der Waals surface area contributed by atoms with E-state index in [-0.39, 0.29) is 17.5 Å². The van der Waals surface area contributed by atoms with Crippen LogP contribution in [0.4, 0.5) is 5.69 Å². The SMILES string of the molecule is CC1(C)C(N)CC1Nc1ccccc1S(C)(=O)=O. The summed E-state index contributed by atoms with van der Waals surface area (Å²) in [6.07, 6.45) is 2.09. The number of rotatable bonds is 3.